The summed E-state index contributed by atoms with van der Waals surface area (Å²) in [6, 6.07) is 11.0. The largest absolute Gasteiger partial charge is 0.322 e. The number of hydrogen-bond donors (Lipinski definition) is 1. The summed E-state index contributed by atoms with van der Waals surface area (Å²) in [5.41, 5.74) is 2.14. The van der Waals surface area contributed by atoms with Gasteiger partial charge in [0.1, 0.15) is 0 Å². The standard InChI is InChI=1S/C16H13ClN4O/c17-15-4-2-1-3-12(15)10-21-11-13(9-19-21)16(22)20-14-5-7-18-8-6-14/h1-9,11H,10H2,(H,18,20,22). The zero-order valence-corrected chi connectivity index (χ0v) is 12.4. The average molecular weight is 313 g/mol. The molecular formula is C16H13ClN4O. The van der Waals surface area contributed by atoms with Crippen LogP contribution in [0.5, 0.6) is 0 Å². The Hall–Kier alpha value is -2.66. The van der Waals surface area contributed by atoms with Crippen molar-refractivity contribution >= 4 is 23.2 Å². The first-order valence-corrected chi connectivity index (χ1v) is 7.07. The summed E-state index contributed by atoms with van der Waals surface area (Å²) in [5.74, 6) is -0.211. The molecule has 0 saturated heterocycles. The minimum Gasteiger partial charge on any atom is -0.322 e. The zero-order valence-electron chi connectivity index (χ0n) is 11.6. The van der Waals surface area contributed by atoms with Crippen LogP contribution >= 0.6 is 11.6 Å². The lowest BCUT2D eigenvalue weighted by Gasteiger charge is -2.04. The molecule has 0 radical (unpaired) electrons. The predicted molar refractivity (Wildman–Crippen MR) is 85.0 cm³/mol. The molecule has 0 aliphatic heterocycles. The summed E-state index contributed by atoms with van der Waals surface area (Å²) in [4.78, 5) is 16.0. The summed E-state index contributed by atoms with van der Waals surface area (Å²) in [5, 5.41) is 7.67. The molecule has 6 heteroatoms. The number of anilines is 1. The first-order valence-electron chi connectivity index (χ1n) is 6.69. The number of hydrogen-bond acceptors (Lipinski definition) is 3. The monoisotopic (exact) mass is 312 g/mol. The van der Waals surface area contributed by atoms with E-state index in [0.29, 0.717) is 22.8 Å². The molecule has 2 heterocycles. The number of pyridine rings is 1. The van der Waals surface area contributed by atoms with Gasteiger partial charge in [0.15, 0.2) is 0 Å². The highest BCUT2D eigenvalue weighted by molar-refractivity contribution is 6.31. The second kappa shape index (κ2) is 6.41. The molecule has 0 saturated carbocycles. The van der Waals surface area contributed by atoms with E-state index in [2.05, 4.69) is 15.4 Å². The third kappa shape index (κ3) is 3.32. The minimum absolute atomic E-state index is 0.211. The van der Waals surface area contributed by atoms with Crippen molar-refractivity contribution in [2.45, 2.75) is 6.54 Å². The van der Waals surface area contributed by atoms with Crippen molar-refractivity contribution in [1.29, 1.82) is 0 Å². The van der Waals surface area contributed by atoms with Crippen LogP contribution in [0.25, 0.3) is 0 Å². The summed E-state index contributed by atoms with van der Waals surface area (Å²) in [6.07, 6.45) is 6.47. The van der Waals surface area contributed by atoms with Crippen LogP contribution in [0.1, 0.15) is 15.9 Å². The minimum atomic E-state index is -0.211. The van der Waals surface area contributed by atoms with Crippen LogP contribution in [0.3, 0.4) is 0 Å². The number of aromatic nitrogens is 3. The smallest absolute Gasteiger partial charge is 0.258 e. The molecule has 1 N–H and O–H groups in total. The fraction of sp³-hybridized carbons (Fsp3) is 0.0625. The topological polar surface area (TPSA) is 59.8 Å². The molecule has 22 heavy (non-hydrogen) atoms. The first-order chi connectivity index (χ1) is 10.7. The summed E-state index contributed by atoms with van der Waals surface area (Å²) in [7, 11) is 0. The van der Waals surface area contributed by atoms with Crippen LogP contribution in [0.4, 0.5) is 5.69 Å². The lowest BCUT2D eigenvalue weighted by Crippen LogP contribution is -2.11. The number of carbonyl (C=O) groups is 1. The molecule has 1 aromatic carbocycles. The van der Waals surface area contributed by atoms with Crippen molar-refractivity contribution in [3.63, 3.8) is 0 Å². The van der Waals surface area contributed by atoms with E-state index in [1.807, 2.05) is 24.3 Å². The average Bonchev–Trinajstić information content (AvgIpc) is 2.99. The third-order valence-corrected chi connectivity index (χ3v) is 3.49. The summed E-state index contributed by atoms with van der Waals surface area (Å²) >= 11 is 6.12. The first kappa shape index (κ1) is 14.3. The van der Waals surface area contributed by atoms with Gasteiger partial charge in [0.05, 0.1) is 18.3 Å². The van der Waals surface area contributed by atoms with Gasteiger partial charge in [-0.15, -0.1) is 0 Å². The quantitative estimate of drug-likeness (QED) is 0.804. The Morgan fingerprint density at radius 1 is 1.18 bits per heavy atom. The number of nitrogens with one attached hydrogen (secondary N) is 1. The van der Waals surface area contributed by atoms with E-state index in [1.54, 1.807) is 35.4 Å². The molecular weight excluding hydrogens is 300 g/mol. The Labute approximate surface area is 132 Å². The zero-order chi connectivity index (χ0) is 15.4. The van der Waals surface area contributed by atoms with Crippen molar-refractivity contribution in [2.75, 3.05) is 5.32 Å². The Balaban J connectivity index is 1.71. The molecule has 0 fully saturated rings. The Morgan fingerprint density at radius 2 is 1.95 bits per heavy atom. The van der Waals surface area contributed by atoms with Crippen LogP contribution in [0.15, 0.2) is 61.2 Å². The molecule has 0 spiro atoms. The molecule has 5 nitrogen and oxygen atoms in total. The lowest BCUT2D eigenvalue weighted by atomic mass is 10.2. The molecule has 3 rings (SSSR count). The normalized spacial score (nSPS) is 10.4. The molecule has 3 aromatic rings. The maximum absolute atomic E-state index is 12.1. The number of benzene rings is 1. The fourth-order valence-corrected chi connectivity index (χ4v) is 2.20. The Kier molecular flexibility index (Phi) is 4.16. The van der Waals surface area contributed by atoms with Gasteiger partial charge < -0.3 is 5.32 Å². The van der Waals surface area contributed by atoms with Crippen molar-refractivity contribution in [1.82, 2.24) is 14.8 Å². The van der Waals surface area contributed by atoms with E-state index < -0.39 is 0 Å². The van der Waals surface area contributed by atoms with Crippen LogP contribution in [-0.2, 0) is 6.54 Å². The Bertz CT molecular complexity index is 786. The van der Waals surface area contributed by atoms with E-state index >= 15 is 0 Å². The summed E-state index contributed by atoms with van der Waals surface area (Å²) in [6.45, 7) is 0.516. The van der Waals surface area contributed by atoms with Gasteiger partial charge in [-0.1, -0.05) is 29.8 Å². The van der Waals surface area contributed by atoms with Crippen LogP contribution in [0, 0.1) is 0 Å². The van der Waals surface area contributed by atoms with Gasteiger partial charge in [-0.25, -0.2) is 0 Å². The molecule has 2 aromatic heterocycles. The number of rotatable bonds is 4. The van der Waals surface area contributed by atoms with Gasteiger partial charge in [-0.05, 0) is 23.8 Å². The molecule has 1 amide bonds. The van der Waals surface area contributed by atoms with Crippen molar-refractivity contribution in [3.05, 3.63) is 77.3 Å². The van der Waals surface area contributed by atoms with Gasteiger partial charge in [-0.2, -0.15) is 5.10 Å². The molecule has 0 atom stereocenters. The van der Waals surface area contributed by atoms with Gasteiger partial charge in [0.2, 0.25) is 0 Å². The maximum atomic E-state index is 12.1. The second-order valence-corrected chi connectivity index (χ2v) is 5.12. The van der Waals surface area contributed by atoms with E-state index in [4.69, 9.17) is 11.6 Å². The summed E-state index contributed by atoms with van der Waals surface area (Å²) < 4.78 is 1.68. The van der Waals surface area contributed by atoms with Crippen molar-refractivity contribution in [2.24, 2.45) is 0 Å². The highest BCUT2D eigenvalue weighted by atomic mass is 35.5. The molecule has 0 aliphatic carbocycles. The fourth-order valence-electron chi connectivity index (χ4n) is 2.01. The highest BCUT2D eigenvalue weighted by Crippen LogP contribution is 2.16. The third-order valence-electron chi connectivity index (χ3n) is 3.12. The molecule has 110 valence electrons. The van der Waals surface area contributed by atoms with Gasteiger partial charge in [0.25, 0.3) is 5.91 Å². The maximum Gasteiger partial charge on any atom is 0.258 e. The molecule has 0 aliphatic rings. The lowest BCUT2D eigenvalue weighted by molar-refractivity contribution is 0.102. The number of carbonyl (C=O) groups excluding carboxylic acids is 1. The van der Waals surface area contributed by atoms with E-state index in [0.717, 1.165) is 5.56 Å². The molecule has 0 unspecified atom stereocenters. The van der Waals surface area contributed by atoms with Gasteiger partial charge in [0, 0.05) is 29.3 Å². The van der Waals surface area contributed by atoms with Crippen LogP contribution < -0.4 is 5.32 Å². The highest BCUT2D eigenvalue weighted by Gasteiger charge is 2.09. The van der Waals surface area contributed by atoms with Gasteiger partial charge in [-0.3, -0.25) is 14.5 Å². The predicted octanol–water partition coefficient (Wildman–Crippen LogP) is 3.23. The van der Waals surface area contributed by atoms with Crippen molar-refractivity contribution < 1.29 is 4.79 Å². The van der Waals surface area contributed by atoms with E-state index in [1.165, 1.54) is 6.20 Å². The van der Waals surface area contributed by atoms with E-state index in [-0.39, 0.29) is 5.91 Å². The van der Waals surface area contributed by atoms with Crippen LogP contribution in [-0.4, -0.2) is 20.7 Å². The number of amides is 1. The number of nitrogens with zero attached hydrogens (tertiary/aromatic N) is 3. The van der Waals surface area contributed by atoms with Crippen molar-refractivity contribution in [3.8, 4) is 0 Å². The Morgan fingerprint density at radius 3 is 2.73 bits per heavy atom. The van der Waals surface area contributed by atoms with E-state index in [9.17, 15) is 4.79 Å². The van der Waals surface area contributed by atoms with Gasteiger partial charge >= 0.3 is 0 Å². The van der Waals surface area contributed by atoms with Crippen LogP contribution in [0.2, 0.25) is 5.02 Å². The SMILES string of the molecule is O=C(Nc1ccncc1)c1cnn(Cc2ccccc2Cl)c1. The second-order valence-electron chi connectivity index (χ2n) is 4.71. The number of halogens is 1. The molecule has 0 bridgehead atoms.